The van der Waals surface area contributed by atoms with Crippen molar-refractivity contribution in [1.29, 1.82) is 0 Å². The monoisotopic (exact) mass is 374 g/mol. The highest BCUT2D eigenvalue weighted by molar-refractivity contribution is 9.10. The van der Waals surface area contributed by atoms with E-state index >= 15 is 0 Å². The Balaban J connectivity index is 1.81. The second-order valence-electron chi connectivity index (χ2n) is 5.43. The maximum atomic E-state index is 11.9. The van der Waals surface area contributed by atoms with Gasteiger partial charge in [0, 0.05) is 17.1 Å². The van der Waals surface area contributed by atoms with Gasteiger partial charge in [0.05, 0.1) is 18.1 Å². The third kappa shape index (κ3) is 5.09. The fourth-order valence-corrected chi connectivity index (χ4v) is 4.48. The van der Waals surface area contributed by atoms with E-state index in [0.29, 0.717) is 13.0 Å². The highest BCUT2D eigenvalue weighted by Gasteiger charge is 2.28. The minimum atomic E-state index is -2.96. The van der Waals surface area contributed by atoms with Crippen molar-refractivity contribution in [3.63, 3.8) is 0 Å². The van der Waals surface area contributed by atoms with Crippen LogP contribution in [0.3, 0.4) is 0 Å². The zero-order valence-electron chi connectivity index (χ0n) is 11.9. The summed E-state index contributed by atoms with van der Waals surface area (Å²) in [4.78, 5) is 13.8. The summed E-state index contributed by atoms with van der Waals surface area (Å²) in [6.45, 7) is 0.899. The van der Waals surface area contributed by atoms with E-state index in [1.165, 1.54) is 0 Å². The van der Waals surface area contributed by atoms with Gasteiger partial charge in [-0.25, -0.2) is 8.42 Å². The van der Waals surface area contributed by atoms with E-state index in [1.54, 1.807) is 0 Å². The molecule has 1 unspecified atom stereocenters. The van der Waals surface area contributed by atoms with Gasteiger partial charge in [-0.15, -0.1) is 0 Å². The van der Waals surface area contributed by atoms with Crippen molar-refractivity contribution in [1.82, 2.24) is 10.2 Å². The van der Waals surface area contributed by atoms with Gasteiger partial charge >= 0.3 is 0 Å². The molecule has 0 bridgehead atoms. The van der Waals surface area contributed by atoms with E-state index in [1.807, 2.05) is 36.2 Å². The van der Waals surface area contributed by atoms with E-state index in [2.05, 4.69) is 21.2 Å². The van der Waals surface area contributed by atoms with Crippen molar-refractivity contribution in [3.8, 4) is 0 Å². The molecule has 1 aromatic carbocycles. The summed E-state index contributed by atoms with van der Waals surface area (Å²) >= 11 is 3.48. The van der Waals surface area contributed by atoms with E-state index in [0.717, 1.165) is 10.0 Å². The quantitative estimate of drug-likeness (QED) is 0.840. The van der Waals surface area contributed by atoms with Gasteiger partial charge in [-0.2, -0.15) is 0 Å². The molecule has 0 spiro atoms. The Kier molecular flexibility index (Phi) is 5.40. The van der Waals surface area contributed by atoms with Crippen molar-refractivity contribution in [2.24, 2.45) is 0 Å². The lowest BCUT2D eigenvalue weighted by Crippen LogP contribution is -2.41. The molecule has 21 heavy (non-hydrogen) atoms. The summed E-state index contributed by atoms with van der Waals surface area (Å²) in [6.07, 6.45) is 0.516. The van der Waals surface area contributed by atoms with Gasteiger partial charge in [0.25, 0.3) is 0 Å². The lowest BCUT2D eigenvalue weighted by atomic mass is 10.2. The molecule has 1 N–H and O–H groups in total. The predicted molar refractivity (Wildman–Crippen MR) is 85.7 cm³/mol. The molecular weight excluding hydrogens is 356 g/mol. The van der Waals surface area contributed by atoms with E-state index in [-0.39, 0.29) is 30.0 Å². The molecule has 0 aromatic heterocycles. The van der Waals surface area contributed by atoms with Crippen molar-refractivity contribution in [3.05, 3.63) is 34.3 Å². The third-order valence-electron chi connectivity index (χ3n) is 3.41. The van der Waals surface area contributed by atoms with Crippen LogP contribution in [-0.4, -0.2) is 50.4 Å². The molecule has 1 fully saturated rings. The number of amides is 1. The Labute approximate surface area is 133 Å². The summed E-state index contributed by atoms with van der Waals surface area (Å²) in [5, 5.41) is 2.79. The molecule has 1 aliphatic rings. The van der Waals surface area contributed by atoms with Crippen molar-refractivity contribution < 1.29 is 13.2 Å². The average Bonchev–Trinajstić information content (AvgIpc) is 2.71. The first-order valence-corrected chi connectivity index (χ1v) is 9.39. The van der Waals surface area contributed by atoms with Crippen LogP contribution in [0.25, 0.3) is 0 Å². The molecule has 0 aliphatic carbocycles. The minimum Gasteiger partial charge on any atom is -0.351 e. The number of carbonyl (C=O) groups is 1. The lowest BCUT2D eigenvalue weighted by Gasteiger charge is -2.18. The summed E-state index contributed by atoms with van der Waals surface area (Å²) in [6, 6.07) is 7.63. The number of likely N-dealkylation sites (N-methyl/N-ethyl adjacent to an activating group) is 1. The number of halogens is 1. The van der Waals surface area contributed by atoms with Crippen LogP contribution in [0.1, 0.15) is 12.0 Å². The smallest absolute Gasteiger partial charge is 0.234 e. The first-order valence-electron chi connectivity index (χ1n) is 6.77. The SMILES string of the molecule is CN(CC(=O)NC1CCS(=O)(=O)C1)Cc1ccccc1Br. The fourth-order valence-electron chi connectivity index (χ4n) is 2.40. The molecule has 0 saturated carbocycles. The topological polar surface area (TPSA) is 66.5 Å². The molecule has 1 amide bonds. The molecular formula is C14H19BrN2O3S. The molecule has 1 heterocycles. The van der Waals surface area contributed by atoms with Gasteiger partial charge in [-0.1, -0.05) is 34.1 Å². The Bertz CT molecular complexity index is 618. The number of rotatable bonds is 5. The second kappa shape index (κ2) is 6.89. The highest BCUT2D eigenvalue weighted by atomic mass is 79.9. The number of carbonyl (C=O) groups excluding carboxylic acids is 1. The predicted octanol–water partition coefficient (Wildman–Crippen LogP) is 1.18. The molecule has 1 aliphatic heterocycles. The zero-order chi connectivity index (χ0) is 15.5. The van der Waals surface area contributed by atoms with Gasteiger partial charge in [0.1, 0.15) is 0 Å². The lowest BCUT2D eigenvalue weighted by molar-refractivity contribution is -0.122. The summed E-state index contributed by atoms with van der Waals surface area (Å²) in [7, 11) is -1.09. The van der Waals surface area contributed by atoms with Gasteiger partial charge in [0.2, 0.25) is 5.91 Å². The van der Waals surface area contributed by atoms with Crippen molar-refractivity contribution in [2.45, 2.75) is 19.0 Å². The van der Waals surface area contributed by atoms with Crippen LogP contribution < -0.4 is 5.32 Å². The summed E-state index contributed by atoms with van der Waals surface area (Å²) in [5.74, 6) is 0.101. The molecule has 0 radical (unpaired) electrons. The first-order chi connectivity index (χ1) is 9.85. The molecule has 1 atom stereocenters. The van der Waals surface area contributed by atoms with Crippen LogP contribution in [0.4, 0.5) is 0 Å². The molecule has 5 nitrogen and oxygen atoms in total. The summed E-state index contributed by atoms with van der Waals surface area (Å²) < 4.78 is 23.7. The molecule has 1 saturated heterocycles. The Morgan fingerprint density at radius 2 is 2.14 bits per heavy atom. The van der Waals surface area contributed by atoms with Crippen LogP contribution >= 0.6 is 15.9 Å². The molecule has 116 valence electrons. The minimum absolute atomic E-state index is 0.0622. The van der Waals surface area contributed by atoms with E-state index < -0.39 is 9.84 Å². The Morgan fingerprint density at radius 1 is 1.43 bits per heavy atom. The van der Waals surface area contributed by atoms with Crippen LogP contribution in [0.15, 0.2) is 28.7 Å². The van der Waals surface area contributed by atoms with Gasteiger partial charge in [0.15, 0.2) is 9.84 Å². The number of sulfone groups is 1. The number of benzene rings is 1. The Morgan fingerprint density at radius 3 is 2.76 bits per heavy atom. The number of nitrogens with one attached hydrogen (secondary N) is 1. The number of hydrogen-bond acceptors (Lipinski definition) is 4. The zero-order valence-corrected chi connectivity index (χ0v) is 14.3. The maximum Gasteiger partial charge on any atom is 0.234 e. The highest BCUT2D eigenvalue weighted by Crippen LogP contribution is 2.17. The van der Waals surface area contributed by atoms with Crippen molar-refractivity contribution in [2.75, 3.05) is 25.1 Å². The first kappa shape index (κ1) is 16.5. The molecule has 1 aromatic rings. The summed E-state index contributed by atoms with van der Waals surface area (Å²) in [5.41, 5.74) is 1.11. The molecule has 7 heteroatoms. The average molecular weight is 375 g/mol. The van der Waals surface area contributed by atoms with Gasteiger partial charge < -0.3 is 5.32 Å². The van der Waals surface area contributed by atoms with E-state index in [4.69, 9.17) is 0 Å². The van der Waals surface area contributed by atoms with Crippen LogP contribution in [0, 0.1) is 0 Å². The standard InChI is InChI=1S/C14H19BrN2O3S/c1-17(8-11-4-2-3-5-13(11)15)9-14(18)16-12-6-7-21(19,20)10-12/h2-5,12H,6-10H2,1H3,(H,16,18). The normalized spacial score (nSPS) is 20.6. The molecule has 2 rings (SSSR count). The van der Waals surface area contributed by atoms with Gasteiger partial charge in [-0.3, -0.25) is 9.69 Å². The van der Waals surface area contributed by atoms with Crippen LogP contribution in [0.5, 0.6) is 0 Å². The van der Waals surface area contributed by atoms with Crippen molar-refractivity contribution >= 4 is 31.7 Å². The third-order valence-corrected chi connectivity index (χ3v) is 5.95. The second-order valence-corrected chi connectivity index (χ2v) is 8.51. The van der Waals surface area contributed by atoms with Crippen LogP contribution in [-0.2, 0) is 21.2 Å². The maximum absolute atomic E-state index is 11.9. The number of hydrogen-bond donors (Lipinski definition) is 1. The van der Waals surface area contributed by atoms with E-state index in [9.17, 15) is 13.2 Å². The van der Waals surface area contributed by atoms with Gasteiger partial charge in [-0.05, 0) is 25.1 Å². The number of nitrogens with zero attached hydrogens (tertiary/aromatic N) is 1. The largest absolute Gasteiger partial charge is 0.351 e. The fraction of sp³-hybridized carbons (Fsp3) is 0.500. The Hall–Kier alpha value is -0.920. The van der Waals surface area contributed by atoms with Crippen LogP contribution in [0.2, 0.25) is 0 Å².